The van der Waals surface area contributed by atoms with Gasteiger partial charge in [0.25, 0.3) is 0 Å². The summed E-state index contributed by atoms with van der Waals surface area (Å²) in [6.07, 6.45) is 1.95. The van der Waals surface area contributed by atoms with Crippen LogP contribution in [-0.2, 0) is 13.0 Å². The Kier molecular flexibility index (Phi) is 4.28. The van der Waals surface area contributed by atoms with Gasteiger partial charge >= 0.3 is 0 Å². The van der Waals surface area contributed by atoms with Crippen LogP contribution in [0, 0.1) is 5.92 Å². The Morgan fingerprint density at radius 1 is 1.28 bits per heavy atom. The third-order valence-corrected chi connectivity index (χ3v) is 3.94. The fourth-order valence-corrected chi connectivity index (χ4v) is 2.30. The van der Waals surface area contributed by atoms with Crippen molar-refractivity contribution in [2.24, 2.45) is 5.92 Å². The van der Waals surface area contributed by atoms with E-state index in [1.165, 1.54) is 5.52 Å². The number of nitrogens with zero attached hydrogens (tertiary/aromatic N) is 2. The van der Waals surface area contributed by atoms with Gasteiger partial charge in [-0.1, -0.05) is 32.9 Å². The van der Waals surface area contributed by atoms with Gasteiger partial charge in [0.15, 0.2) is 0 Å². The van der Waals surface area contributed by atoms with Gasteiger partial charge in [0, 0.05) is 18.3 Å². The van der Waals surface area contributed by atoms with Gasteiger partial charge in [-0.05, 0) is 24.5 Å². The number of hydrogen-bond acceptors (Lipinski definition) is 1. The van der Waals surface area contributed by atoms with Crippen molar-refractivity contribution in [2.75, 3.05) is 0 Å². The summed E-state index contributed by atoms with van der Waals surface area (Å²) in [5.74, 6) is 1.59. The second-order valence-electron chi connectivity index (χ2n) is 5.13. The van der Waals surface area contributed by atoms with Crippen LogP contribution in [0.5, 0.6) is 0 Å². The van der Waals surface area contributed by atoms with E-state index in [4.69, 9.17) is 16.6 Å². The number of para-hydroxylation sites is 2. The fourth-order valence-electron chi connectivity index (χ4n) is 2.16. The highest BCUT2D eigenvalue weighted by atomic mass is 35.5. The maximum absolute atomic E-state index is 6.40. The number of benzene rings is 1. The van der Waals surface area contributed by atoms with Crippen LogP contribution >= 0.6 is 11.6 Å². The van der Waals surface area contributed by atoms with Crippen LogP contribution in [0.2, 0.25) is 0 Å². The molecule has 18 heavy (non-hydrogen) atoms. The first kappa shape index (κ1) is 13.4. The maximum Gasteiger partial charge on any atom is 0.111 e. The first-order valence-corrected chi connectivity index (χ1v) is 7.15. The lowest BCUT2D eigenvalue weighted by atomic mass is 10.1. The van der Waals surface area contributed by atoms with Gasteiger partial charge in [-0.25, -0.2) is 4.98 Å². The van der Waals surface area contributed by atoms with Crippen LogP contribution in [0.15, 0.2) is 24.3 Å². The SMILES string of the molecule is CCCn1c(CC(Cl)C(C)C)nc2ccccc21. The molecule has 98 valence electrons. The molecule has 0 radical (unpaired) electrons. The zero-order valence-corrected chi connectivity index (χ0v) is 12.1. The fraction of sp³-hybridized carbons (Fsp3) is 0.533. The Labute approximate surface area is 114 Å². The predicted octanol–water partition coefficient (Wildman–Crippen LogP) is 4.25. The highest BCUT2D eigenvalue weighted by molar-refractivity contribution is 6.20. The number of aromatic nitrogens is 2. The van der Waals surface area contributed by atoms with Crippen molar-refractivity contribution in [2.45, 2.75) is 45.5 Å². The number of hydrogen-bond donors (Lipinski definition) is 0. The zero-order valence-electron chi connectivity index (χ0n) is 11.4. The van der Waals surface area contributed by atoms with Crippen molar-refractivity contribution in [1.29, 1.82) is 0 Å². The molecule has 0 amide bonds. The van der Waals surface area contributed by atoms with E-state index in [0.717, 1.165) is 30.7 Å². The minimum atomic E-state index is 0.150. The van der Waals surface area contributed by atoms with Crippen LogP contribution in [-0.4, -0.2) is 14.9 Å². The third kappa shape index (κ3) is 2.69. The molecule has 1 heterocycles. The smallest absolute Gasteiger partial charge is 0.111 e. The minimum absolute atomic E-state index is 0.150. The van der Waals surface area contributed by atoms with Gasteiger partial charge < -0.3 is 4.57 Å². The molecule has 2 nitrogen and oxygen atoms in total. The molecule has 1 aromatic heterocycles. The summed E-state index contributed by atoms with van der Waals surface area (Å²) in [7, 11) is 0. The molecule has 0 spiro atoms. The molecule has 2 rings (SSSR count). The average molecular weight is 265 g/mol. The summed E-state index contributed by atoms with van der Waals surface area (Å²) in [5, 5.41) is 0.150. The lowest BCUT2D eigenvalue weighted by molar-refractivity contribution is 0.561. The summed E-state index contributed by atoms with van der Waals surface area (Å²) in [6.45, 7) is 7.52. The number of rotatable bonds is 5. The van der Waals surface area contributed by atoms with Gasteiger partial charge in [0.05, 0.1) is 11.0 Å². The largest absolute Gasteiger partial charge is 0.328 e. The molecule has 1 atom stereocenters. The zero-order chi connectivity index (χ0) is 13.1. The summed E-state index contributed by atoms with van der Waals surface area (Å²) < 4.78 is 2.31. The molecule has 1 aromatic carbocycles. The van der Waals surface area contributed by atoms with Crippen molar-refractivity contribution in [3.8, 4) is 0 Å². The maximum atomic E-state index is 6.40. The third-order valence-electron chi connectivity index (χ3n) is 3.28. The molecule has 0 saturated heterocycles. The summed E-state index contributed by atoms with van der Waals surface area (Å²) >= 11 is 6.40. The van der Waals surface area contributed by atoms with E-state index >= 15 is 0 Å². The minimum Gasteiger partial charge on any atom is -0.328 e. The van der Waals surface area contributed by atoms with Crippen LogP contribution in [0.1, 0.15) is 33.0 Å². The standard InChI is InChI=1S/C15H21ClN2/c1-4-9-18-14-8-6-5-7-13(14)17-15(18)10-12(16)11(2)3/h5-8,11-12H,4,9-10H2,1-3H3. The van der Waals surface area contributed by atoms with E-state index in [1.807, 2.05) is 6.07 Å². The topological polar surface area (TPSA) is 17.8 Å². The van der Waals surface area contributed by atoms with E-state index in [9.17, 15) is 0 Å². The normalized spacial score (nSPS) is 13.4. The first-order valence-electron chi connectivity index (χ1n) is 6.71. The molecule has 0 aliphatic rings. The number of aryl methyl sites for hydroxylation is 1. The second-order valence-corrected chi connectivity index (χ2v) is 5.69. The lowest BCUT2D eigenvalue weighted by Gasteiger charge is -2.14. The summed E-state index contributed by atoms with van der Waals surface area (Å²) in [4.78, 5) is 4.73. The highest BCUT2D eigenvalue weighted by Gasteiger charge is 2.16. The van der Waals surface area contributed by atoms with Crippen LogP contribution in [0.25, 0.3) is 11.0 Å². The van der Waals surface area contributed by atoms with Gasteiger partial charge in [0.1, 0.15) is 5.82 Å². The Bertz CT molecular complexity index is 516. The monoisotopic (exact) mass is 264 g/mol. The van der Waals surface area contributed by atoms with Gasteiger partial charge in [-0.15, -0.1) is 11.6 Å². The van der Waals surface area contributed by atoms with Gasteiger partial charge in [-0.2, -0.15) is 0 Å². The quantitative estimate of drug-likeness (QED) is 0.738. The Morgan fingerprint density at radius 3 is 2.67 bits per heavy atom. The van der Waals surface area contributed by atoms with E-state index in [1.54, 1.807) is 0 Å². The highest BCUT2D eigenvalue weighted by Crippen LogP contribution is 2.21. The van der Waals surface area contributed by atoms with Gasteiger partial charge in [0.2, 0.25) is 0 Å². The van der Waals surface area contributed by atoms with Crippen molar-refractivity contribution in [3.63, 3.8) is 0 Å². The van der Waals surface area contributed by atoms with Crippen molar-refractivity contribution < 1.29 is 0 Å². The molecule has 0 aliphatic heterocycles. The van der Waals surface area contributed by atoms with Crippen molar-refractivity contribution in [1.82, 2.24) is 9.55 Å². The first-order chi connectivity index (χ1) is 8.63. The molecule has 0 saturated carbocycles. The Hall–Kier alpha value is -1.02. The Balaban J connectivity index is 2.39. The van der Waals surface area contributed by atoms with Gasteiger partial charge in [-0.3, -0.25) is 0 Å². The molecule has 0 fully saturated rings. The number of fused-ring (bicyclic) bond motifs is 1. The molecule has 0 bridgehead atoms. The summed E-state index contributed by atoms with van der Waals surface area (Å²) in [6, 6.07) is 8.32. The average Bonchev–Trinajstić information content (AvgIpc) is 2.68. The number of alkyl halides is 1. The van der Waals surface area contributed by atoms with Crippen LogP contribution < -0.4 is 0 Å². The lowest BCUT2D eigenvalue weighted by Crippen LogP contribution is -2.15. The van der Waals surface area contributed by atoms with E-state index in [2.05, 4.69) is 43.5 Å². The van der Waals surface area contributed by atoms with E-state index in [-0.39, 0.29) is 5.38 Å². The summed E-state index contributed by atoms with van der Waals surface area (Å²) in [5.41, 5.74) is 2.30. The van der Waals surface area contributed by atoms with Crippen molar-refractivity contribution in [3.05, 3.63) is 30.1 Å². The molecule has 1 unspecified atom stereocenters. The number of halogens is 1. The van der Waals surface area contributed by atoms with Crippen LogP contribution in [0.3, 0.4) is 0 Å². The molecule has 0 aliphatic carbocycles. The molecular formula is C15H21ClN2. The number of imidazole rings is 1. The molecular weight excluding hydrogens is 244 g/mol. The predicted molar refractivity (Wildman–Crippen MR) is 78.2 cm³/mol. The molecule has 2 aromatic rings. The van der Waals surface area contributed by atoms with Crippen LogP contribution in [0.4, 0.5) is 0 Å². The van der Waals surface area contributed by atoms with E-state index < -0.39 is 0 Å². The van der Waals surface area contributed by atoms with E-state index in [0.29, 0.717) is 5.92 Å². The van der Waals surface area contributed by atoms with Crippen molar-refractivity contribution >= 4 is 22.6 Å². The Morgan fingerprint density at radius 2 is 2.00 bits per heavy atom. The molecule has 0 N–H and O–H groups in total. The molecule has 3 heteroatoms. The second kappa shape index (κ2) is 5.75.